The topological polar surface area (TPSA) is 59.0 Å². The lowest BCUT2D eigenvalue weighted by molar-refractivity contribution is 0.00765. The highest BCUT2D eigenvalue weighted by Gasteiger charge is 2.30. The highest BCUT2D eigenvalue weighted by Crippen LogP contribution is 2.32. The molecule has 1 aliphatic rings. The number of methoxy groups -OCH3 is 1. The summed E-state index contributed by atoms with van der Waals surface area (Å²) in [5.74, 6) is 0.883. The van der Waals surface area contributed by atoms with Crippen molar-refractivity contribution in [3.63, 3.8) is 0 Å². The highest BCUT2D eigenvalue weighted by atomic mass is 16.6. The molecule has 1 heterocycles. The molecule has 128 valence electrons. The number of aliphatic hydroxyl groups excluding tert-OH is 1. The largest absolute Gasteiger partial charge is 0.497 e. The van der Waals surface area contributed by atoms with Crippen LogP contribution in [-0.4, -0.2) is 41.9 Å². The summed E-state index contributed by atoms with van der Waals surface area (Å²) >= 11 is 0. The number of piperidine rings is 1. The smallest absolute Gasteiger partial charge is 0.410 e. The normalized spacial score (nSPS) is 17.7. The molecule has 2 rings (SSSR count). The minimum atomic E-state index is -0.536. The Kier molecular flexibility index (Phi) is 5.52. The molecule has 0 aliphatic carbocycles. The fraction of sp³-hybridized carbons (Fsp3) is 0.611. The first-order chi connectivity index (χ1) is 10.8. The molecule has 1 atom stereocenters. The van der Waals surface area contributed by atoms with E-state index in [1.807, 2.05) is 45.0 Å². The summed E-state index contributed by atoms with van der Waals surface area (Å²) in [7, 11) is 1.62. The third-order valence-corrected chi connectivity index (χ3v) is 4.07. The van der Waals surface area contributed by atoms with Crippen LogP contribution in [0.4, 0.5) is 4.79 Å². The molecule has 1 amide bonds. The number of carbonyl (C=O) groups is 1. The van der Waals surface area contributed by atoms with Crippen LogP contribution in [0.2, 0.25) is 0 Å². The number of ether oxygens (including phenoxy) is 2. The SMILES string of the molecule is COc1cccc(C(O)C2CCN(C(=O)OC(C)(C)C)CC2)c1. The van der Waals surface area contributed by atoms with Gasteiger partial charge in [0, 0.05) is 13.1 Å². The molecule has 0 bridgehead atoms. The van der Waals surface area contributed by atoms with Crippen molar-refractivity contribution >= 4 is 6.09 Å². The van der Waals surface area contributed by atoms with Crippen molar-refractivity contribution in [2.75, 3.05) is 20.2 Å². The van der Waals surface area contributed by atoms with Gasteiger partial charge in [0.05, 0.1) is 13.2 Å². The number of benzene rings is 1. The molecule has 1 fully saturated rings. The predicted molar refractivity (Wildman–Crippen MR) is 88.5 cm³/mol. The van der Waals surface area contributed by atoms with Crippen LogP contribution in [0.5, 0.6) is 5.75 Å². The van der Waals surface area contributed by atoms with Gasteiger partial charge in [0.25, 0.3) is 0 Å². The fourth-order valence-corrected chi connectivity index (χ4v) is 2.82. The summed E-state index contributed by atoms with van der Waals surface area (Å²) < 4.78 is 10.6. The van der Waals surface area contributed by atoms with Gasteiger partial charge in [-0.2, -0.15) is 0 Å². The Morgan fingerprint density at radius 2 is 1.96 bits per heavy atom. The fourth-order valence-electron chi connectivity index (χ4n) is 2.82. The molecule has 1 aromatic rings. The Morgan fingerprint density at radius 1 is 1.30 bits per heavy atom. The first-order valence-corrected chi connectivity index (χ1v) is 8.10. The molecular formula is C18H27NO4. The van der Waals surface area contributed by atoms with Crippen molar-refractivity contribution in [1.29, 1.82) is 0 Å². The van der Waals surface area contributed by atoms with Gasteiger partial charge in [0.1, 0.15) is 11.4 Å². The second-order valence-electron chi connectivity index (χ2n) is 7.03. The third kappa shape index (κ3) is 4.86. The Hall–Kier alpha value is -1.75. The van der Waals surface area contributed by atoms with E-state index in [9.17, 15) is 9.90 Å². The Balaban J connectivity index is 1.92. The lowest BCUT2D eigenvalue weighted by Crippen LogP contribution is -2.42. The van der Waals surface area contributed by atoms with Gasteiger partial charge in [-0.25, -0.2) is 4.79 Å². The molecule has 0 saturated carbocycles. The first-order valence-electron chi connectivity index (χ1n) is 8.10. The van der Waals surface area contributed by atoms with Crippen LogP contribution >= 0.6 is 0 Å². The molecular weight excluding hydrogens is 294 g/mol. The standard InChI is InChI=1S/C18H27NO4/c1-18(2,3)23-17(21)19-10-8-13(9-11-19)16(20)14-6-5-7-15(12-14)22-4/h5-7,12-13,16,20H,8-11H2,1-4H3. The zero-order valence-corrected chi connectivity index (χ0v) is 14.4. The second kappa shape index (κ2) is 7.21. The van der Waals surface area contributed by atoms with E-state index in [-0.39, 0.29) is 12.0 Å². The first kappa shape index (κ1) is 17.6. The van der Waals surface area contributed by atoms with E-state index in [0.29, 0.717) is 13.1 Å². The average molecular weight is 321 g/mol. The number of likely N-dealkylation sites (tertiary alicyclic amines) is 1. The van der Waals surface area contributed by atoms with Gasteiger partial charge in [0.15, 0.2) is 0 Å². The molecule has 5 heteroatoms. The summed E-state index contributed by atoms with van der Waals surface area (Å²) in [5.41, 5.74) is 0.383. The highest BCUT2D eigenvalue weighted by molar-refractivity contribution is 5.68. The number of hydrogen-bond donors (Lipinski definition) is 1. The van der Waals surface area contributed by atoms with Gasteiger partial charge in [-0.05, 0) is 57.2 Å². The number of rotatable bonds is 3. The van der Waals surface area contributed by atoms with Gasteiger partial charge >= 0.3 is 6.09 Å². The number of hydrogen-bond acceptors (Lipinski definition) is 4. The van der Waals surface area contributed by atoms with E-state index < -0.39 is 11.7 Å². The molecule has 1 saturated heterocycles. The van der Waals surface area contributed by atoms with Crippen LogP contribution < -0.4 is 4.74 Å². The van der Waals surface area contributed by atoms with Crippen LogP contribution in [0, 0.1) is 5.92 Å². The van der Waals surface area contributed by atoms with E-state index in [2.05, 4.69) is 0 Å². The third-order valence-electron chi connectivity index (χ3n) is 4.07. The van der Waals surface area contributed by atoms with Crippen molar-refractivity contribution in [1.82, 2.24) is 4.90 Å². The minimum Gasteiger partial charge on any atom is -0.497 e. The minimum absolute atomic E-state index is 0.140. The molecule has 0 aromatic heterocycles. The van der Waals surface area contributed by atoms with Crippen molar-refractivity contribution in [2.24, 2.45) is 5.92 Å². The van der Waals surface area contributed by atoms with E-state index in [4.69, 9.17) is 9.47 Å². The number of amides is 1. The summed E-state index contributed by atoms with van der Waals surface area (Å²) in [4.78, 5) is 13.8. The van der Waals surface area contributed by atoms with E-state index >= 15 is 0 Å². The molecule has 1 aliphatic heterocycles. The van der Waals surface area contributed by atoms with Crippen LogP contribution in [0.1, 0.15) is 45.3 Å². The summed E-state index contributed by atoms with van der Waals surface area (Å²) in [6.45, 7) is 6.82. The molecule has 5 nitrogen and oxygen atoms in total. The van der Waals surface area contributed by atoms with Crippen molar-refractivity contribution in [2.45, 2.75) is 45.3 Å². The number of aliphatic hydroxyl groups is 1. The molecule has 1 aromatic carbocycles. The molecule has 1 unspecified atom stereocenters. The lowest BCUT2D eigenvalue weighted by Gasteiger charge is -2.35. The van der Waals surface area contributed by atoms with Crippen LogP contribution in [-0.2, 0) is 4.74 Å². The van der Waals surface area contributed by atoms with E-state index in [1.165, 1.54) is 0 Å². The van der Waals surface area contributed by atoms with Crippen LogP contribution in [0.3, 0.4) is 0 Å². The zero-order chi connectivity index (χ0) is 17.0. The second-order valence-corrected chi connectivity index (χ2v) is 7.03. The zero-order valence-electron chi connectivity index (χ0n) is 14.4. The predicted octanol–water partition coefficient (Wildman–Crippen LogP) is 3.38. The van der Waals surface area contributed by atoms with Gasteiger partial charge in [-0.1, -0.05) is 12.1 Å². The summed E-state index contributed by atoms with van der Waals surface area (Å²) in [5, 5.41) is 10.6. The van der Waals surface area contributed by atoms with Gasteiger partial charge in [0.2, 0.25) is 0 Å². The monoisotopic (exact) mass is 321 g/mol. The molecule has 1 N–H and O–H groups in total. The maximum Gasteiger partial charge on any atom is 0.410 e. The van der Waals surface area contributed by atoms with Crippen molar-refractivity contribution in [3.05, 3.63) is 29.8 Å². The molecule has 0 spiro atoms. The Bertz CT molecular complexity index is 530. The van der Waals surface area contributed by atoms with Gasteiger partial charge < -0.3 is 19.5 Å². The number of nitrogens with zero attached hydrogens (tertiary/aromatic N) is 1. The Labute approximate surface area is 138 Å². The van der Waals surface area contributed by atoms with Gasteiger partial charge in [-0.15, -0.1) is 0 Å². The van der Waals surface area contributed by atoms with E-state index in [1.54, 1.807) is 12.0 Å². The quantitative estimate of drug-likeness (QED) is 0.927. The van der Waals surface area contributed by atoms with Crippen LogP contribution in [0.15, 0.2) is 24.3 Å². The lowest BCUT2D eigenvalue weighted by atomic mass is 9.87. The number of carbonyl (C=O) groups excluding carboxylic acids is 1. The molecule has 23 heavy (non-hydrogen) atoms. The summed E-state index contributed by atoms with van der Waals surface area (Å²) in [6.07, 6.45) is 0.715. The average Bonchev–Trinajstić information content (AvgIpc) is 2.53. The van der Waals surface area contributed by atoms with E-state index in [0.717, 1.165) is 24.2 Å². The van der Waals surface area contributed by atoms with Crippen molar-refractivity contribution in [3.8, 4) is 5.75 Å². The Morgan fingerprint density at radius 3 is 2.52 bits per heavy atom. The van der Waals surface area contributed by atoms with Crippen LogP contribution in [0.25, 0.3) is 0 Å². The van der Waals surface area contributed by atoms with Crippen molar-refractivity contribution < 1.29 is 19.4 Å². The maximum absolute atomic E-state index is 12.1. The molecule has 0 radical (unpaired) electrons. The maximum atomic E-state index is 12.1. The van der Waals surface area contributed by atoms with Gasteiger partial charge in [-0.3, -0.25) is 0 Å². The summed E-state index contributed by atoms with van der Waals surface area (Å²) in [6, 6.07) is 7.52.